The molecule has 0 fully saturated rings. The average Bonchev–Trinajstić information content (AvgIpc) is 2.95. The molecule has 0 bridgehead atoms. The number of nitrogens with one attached hydrogen (secondary N) is 1. The summed E-state index contributed by atoms with van der Waals surface area (Å²) in [6.45, 7) is 1.68. The number of furan rings is 1. The molecule has 0 amide bonds. The van der Waals surface area contributed by atoms with Crippen molar-refractivity contribution < 1.29 is 17.4 Å². The Morgan fingerprint density at radius 2 is 2.22 bits per heavy atom. The van der Waals surface area contributed by atoms with Gasteiger partial charge >= 0.3 is 0 Å². The Kier molecular flexibility index (Phi) is 3.45. The number of hydrogen-bond donors (Lipinski definition) is 2. The van der Waals surface area contributed by atoms with Gasteiger partial charge in [-0.05, 0) is 12.1 Å². The first kappa shape index (κ1) is 12.7. The monoisotopic (exact) mass is 272 g/mol. The van der Waals surface area contributed by atoms with E-state index in [0.29, 0.717) is 11.7 Å². The van der Waals surface area contributed by atoms with Crippen LogP contribution < -0.4 is 10.5 Å². The van der Waals surface area contributed by atoms with Gasteiger partial charge in [0.2, 0.25) is 11.0 Å². The molecule has 18 heavy (non-hydrogen) atoms. The zero-order valence-corrected chi connectivity index (χ0v) is 10.4. The fourth-order valence-corrected chi connectivity index (χ4v) is 2.18. The summed E-state index contributed by atoms with van der Waals surface area (Å²) in [4.78, 5) is 3.87. The number of nitrogens with two attached hydrogens (primary N) is 1. The zero-order chi connectivity index (χ0) is 13.2. The summed E-state index contributed by atoms with van der Waals surface area (Å²) in [5.41, 5.74) is 5.33. The van der Waals surface area contributed by atoms with Gasteiger partial charge in [0.25, 0.3) is 10.0 Å². The third-order valence-electron chi connectivity index (χ3n) is 2.09. The summed E-state index contributed by atoms with van der Waals surface area (Å²) < 4.78 is 35.7. The van der Waals surface area contributed by atoms with Crippen LogP contribution in [0.15, 0.2) is 26.2 Å². The summed E-state index contributed by atoms with van der Waals surface area (Å²) in [5.74, 6) is 1.01. The molecule has 2 aromatic rings. The van der Waals surface area contributed by atoms with E-state index in [1.165, 1.54) is 12.1 Å². The number of aryl methyl sites for hydroxylation is 1. The van der Waals surface area contributed by atoms with E-state index in [4.69, 9.17) is 14.7 Å². The Labute approximate surface area is 103 Å². The second-order valence-corrected chi connectivity index (χ2v) is 5.18. The lowest BCUT2D eigenvalue weighted by Crippen LogP contribution is -2.23. The number of sulfonamides is 1. The van der Waals surface area contributed by atoms with Crippen LogP contribution in [0, 0.1) is 6.92 Å². The molecular weight excluding hydrogens is 260 g/mol. The molecule has 0 unspecified atom stereocenters. The minimum atomic E-state index is -3.73. The first-order valence-electron chi connectivity index (χ1n) is 5.09. The van der Waals surface area contributed by atoms with Crippen molar-refractivity contribution in [3.05, 3.63) is 29.6 Å². The van der Waals surface area contributed by atoms with E-state index in [1.54, 1.807) is 6.92 Å². The van der Waals surface area contributed by atoms with Crippen LogP contribution in [-0.4, -0.2) is 18.6 Å². The lowest BCUT2D eigenvalue weighted by atomic mass is 10.5. The number of nitrogens with zero attached hydrogens (tertiary/aromatic N) is 2. The minimum absolute atomic E-state index is 0.0711. The molecule has 2 rings (SSSR count). The van der Waals surface area contributed by atoms with Crippen molar-refractivity contribution in [1.29, 1.82) is 0 Å². The molecule has 0 atom stereocenters. The molecule has 0 saturated carbocycles. The predicted molar refractivity (Wildman–Crippen MR) is 59.7 cm³/mol. The van der Waals surface area contributed by atoms with Crippen molar-refractivity contribution in [2.24, 2.45) is 5.73 Å². The number of hydrogen-bond acceptors (Lipinski definition) is 7. The largest absolute Gasteiger partial charge is 0.447 e. The molecule has 0 aromatic carbocycles. The Morgan fingerprint density at radius 1 is 1.44 bits per heavy atom. The Balaban J connectivity index is 2.07. The van der Waals surface area contributed by atoms with Gasteiger partial charge in [-0.1, -0.05) is 5.16 Å². The third kappa shape index (κ3) is 2.75. The summed E-state index contributed by atoms with van der Waals surface area (Å²) in [6, 6.07) is 2.85. The maximum absolute atomic E-state index is 11.8. The van der Waals surface area contributed by atoms with Gasteiger partial charge < -0.3 is 14.7 Å². The fraction of sp³-hybridized carbons (Fsp3) is 0.333. The van der Waals surface area contributed by atoms with Gasteiger partial charge in [-0.15, -0.1) is 0 Å². The van der Waals surface area contributed by atoms with Crippen LogP contribution in [0.1, 0.15) is 17.5 Å². The first-order valence-corrected chi connectivity index (χ1v) is 6.57. The average molecular weight is 272 g/mol. The van der Waals surface area contributed by atoms with E-state index in [9.17, 15) is 8.42 Å². The molecule has 9 heteroatoms. The second-order valence-electron chi connectivity index (χ2n) is 3.48. The van der Waals surface area contributed by atoms with Gasteiger partial charge in [0.05, 0.1) is 13.1 Å². The molecule has 98 valence electrons. The molecule has 3 N–H and O–H groups in total. The molecule has 2 heterocycles. The van der Waals surface area contributed by atoms with Crippen LogP contribution in [0.4, 0.5) is 0 Å². The fourth-order valence-electron chi connectivity index (χ4n) is 1.26. The SMILES string of the molecule is Cc1nc(CNS(=O)(=O)c2ccc(CN)o2)no1. The van der Waals surface area contributed by atoms with Gasteiger partial charge in [-0.25, -0.2) is 13.1 Å². The topological polar surface area (TPSA) is 124 Å². The lowest BCUT2D eigenvalue weighted by molar-refractivity contribution is 0.386. The van der Waals surface area contributed by atoms with E-state index in [2.05, 4.69) is 14.9 Å². The minimum Gasteiger partial charge on any atom is -0.447 e. The van der Waals surface area contributed by atoms with E-state index < -0.39 is 10.0 Å². The summed E-state index contributed by atoms with van der Waals surface area (Å²) >= 11 is 0. The molecule has 8 nitrogen and oxygen atoms in total. The molecule has 0 aliphatic rings. The highest BCUT2D eigenvalue weighted by Crippen LogP contribution is 2.13. The van der Waals surface area contributed by atoms with Crippen LogP contribution in [-0.2, 0) is 23.1 Å². The van der Waals surface area contributed by atoms with Gasteiger partial charge in [0.1, 0.15) is 5.76 Å². The molecule has 0 saturated heterocycles. The Hall–Kier alpha value is -1.71. The predicted octanol–water partition coefficient (Wildman–Crippen LogP) is -0.0918. The van der Waals surface area contributed by atoms with Crippen molar-refractivity contribution in [2.45, 2.75) is 25.1 Å². The van der Waals surface area contributed by atoms with Crippen molar-refractivity contribution in [2.75, 3.05) is 0 Å². The second kappa shape index (κ2) is 4.88. The maximum atomic E-state index is 11.8. The Bertz CT molecular complexity index is 631. The van der Waals surface area contributed by atoms with E-state index in [0.717, 1.165) is 0 Å². The highest BCUT2D eigenvalue weighted by molar-refractivity contribution is 7.89. The first-order chi connectivity index (χ1) is 8.51. The lowest BCUT2D eigenvalue weighted by Gasteiger charge is -2.00. The van der Waals surface area contributed by atoms with Crippen LogP contribution >= 0.6 is 0 Å². The molecule has 2 aromatic heterocycles. The van der Waals surface area contributed by atoms with Gasteiger partial charge in [0.15, 0.2) is 5.82 Å². The van der Waals surface area contributed by atoms with Gasteiger partial charge in [-0.2, -0.15) is 4.98 Å². The van der Waals surface area contributed by atoms with Crippen molar-refractivity contribution in [3.8, 4) is 0 Å². The molecule has 0 radical (unpaired) electrons. The van der Waals surface area contributed by atoms with Crippen LogP contribution in [0.3, 0.4) is 0 Å². The van der Waals surface area contributed by atoms with E-state index >= 15 is 0 Å². The van der Waals surface area contributed by atoms with Crippen molar-refractivity contribution >= 4 is 10.0 Å². The standard InChI is InChI=1S/C9H12N4O4S/c1-6-12-8(13-17-6)5-11-18(14,15)9-3-2-7(4-10)16-9/h2-3,11H,4-5,10H2,1H3. The zero-order valence-electron chi connectivity index (χ0n) is 9.58. The van der Waals surface area contributed by atoms with Crippen LogP contribution in [0.25, 0.3) is 0 Å². The highest BCUT2D eigenvalue weighted by atomic mass is 32.2. The third-order valence-corrected chi connectivity index (χ3v) is 3.37. The van der Waals surface area contributed by atoms with Crippen molar-refractivity contribution in [1.82, 2.24) is 14.9 Å². The van der Waals surface area contributed by atoms with Gasteiger partial charge in [0, 0.05) is 6.92 Å². The highest BCUT2D eigenvalue weighted by Gasteiger charge is 2.19. The number of rotatable bonds is 5. The summed E-state index contributed by atoms with van der Waals surface area (Å²) in [5, 5.41) is 3.38. The van der Waals surface area contributed by atoms with E-state index in [1.807, 2.05) is 0 Å². The normalized spacial score (nSPS) is 11.9. The molecule has 0 aliphatic carbocycles. The number of aromatic nitrogens is 2. The molecular formula is C9H12N4O4S. The quantitative estimate of drug-likeness (QED) is 0.779. The van der Waals surface area contributed by atoms with Crippen LogP contribution in [0.2, 0.25) is 0 Å². The van der Waals surface area contributed by atoms with Gasteiger partial charge in [-0.3, -0.25) is 0 Å². The maximum Gasteiger partial charge on any atom is 0.274 e. The molecule has 0 spiro atoms. The Morgan fingerprint density at radius 3 is 2.78 bits per heavy atom. The summed E-state index contributed by atoms with van der Waals surface area (Å²) in [7, 11) is -3.73. The van der Waals surface area contributed by atoms with E-state index in [-0.39, 0.29) is 24.0 Å². The molecule has 0 aliphatic heterocycles. The van der Waals surface area contributed by atoms with Crippen LogP contribution in [0.5, 0.6) is 0 Å². The smallest absolute Gasteiger partial charge is 0.274 e. The van der Waals surface area contributed by atoms with Crippen molar-refractivity contribution in [3.63, 3.8) is 0 Å². The summed E-state index contributed by atoms with van der Waals surface area (Å²) in [6.07, 6.45) is 0.